The minimum absolute atomic E-state index is 0.208. The van der Waals surface area contributed by atoms with Crippen LogP contribution in [0.15, 0.2) is 0 Å². The van der Waals surface area contributed by atoms with Crippen molar-refractivity contribution in [1.82, 2.24) is 15.0 Å². The Morgan fingerprint density at radius 1 is 0.952 bits per heavy atom. The molecule has 5 aliphatic rings. The summed E-state index contributed by atoms with van der Waals surface area (Å²) >= 11 is 0. The zero-order valence-corrected chi connectivity index (χ0v) is 12.6. The summed E-state index contributed by atoms with van der Waals surface area (Å²) in [6, 6.07) is 0. The molecule has 21 heavy (non-hydrogen) atoms. The fourth-order valence-corrected chi connectivity index (χ4v) is 6.14. The van der Waals surface area contributed by atoms with Crippen LogP contribution in [0, 0.1) is 17.8 Å². The molecule has 4 nitrogen and oxygen atoms in total. The predicted octanol–water partition coefficient (Wildman–Crippen LogP) is 3.11. The Morgan fingerprint density at radius 2 is 1.57 bits per heavy atom. The van der Waals surface area contributed by atoms with E-state index in [1.54, 1.807) is 0 Å². The average Bonchev–Trinajstić information content (AvgIpc) is 2.79. The molecule has 5 aliphatic carbocycles. The van der Waals surface area contributed by atoms with Crippen LogP contribution in [0.2, 0.25) is 0 Å². The molecular weight excluding hydrogens is 262 g/mol. The molecule has 4 heteroatoms. The van der Waals surface area contributed by atoms with E-state index in [9.17, 15) is 4.79 Å². The molecule has 1 aromatic heterocycles. The number of nitrogens with zero attached hydrogens (tertiary/aromatic N) is 3. The first-order valence-electron chi connectivity index (χ1n) is 8.72. The van der Waals surface area contributed by atoms with Crippen LogP contribution in [0.4, 0.5) is 0 Å². The molecule has 4 fully saturated rings. The first-order valence-corrected chi connectivity index (χ1v) is 8.72. The number of hydrogen-bond acceptors (Lipinski definition) is 3. The van der Waals surface area contributed by atoms with Crippen molar-refractivity contribution in [2.45, 2.75) is 69.7 Å². The molecular formula is C17H23N3O. The van der Waals surface area contributed by atoms with Gasteiger partial charge in [0, 0.05) is 6.42 Å². The van der Waals surface area contributed by atoms with Crippen LogP contribution in [0.1, 0.15) is 74.0 Å². The molecule has 0 amide bonds. The molecule has 0 radical (unpaired) electrons. The fourth-order valence-electron chi connectivity index (χ4n) is 6.14. The Morgan fingerprint density at radius 3 is 2.24 bits per heavy atom. The van der Waals surface area contributed by atoms with E-state index in [0.717, 1.165) is 37.0 Å². The molecule has 0 aliphatic heterocycles. The summed E-state index contributed by atoms with van der Waals surface area (Å²) < 4.78 is 2.25. The van der Waals surface area contributed by atoms with Crippen LogP contribution in [-0.2, 0) is 12.0 Å². The third kappa shape index (κ3) is 1.71. The van der Waals surface area contributed by atoms with Gasteiger partial charge in [-0.25, -0.2) is 4.68 Å². The van der Waals surface area contributed by atoms with Gasteiger partial charge in [-0.05, 0) is 75.5 Å². The van der Waals surface area contributed by atoms with E-state index in [1.807, 2.05) is 0 Å². The van der Waals surface area contributed by atoms with Gasteiger partial charge in [0.05, 0.1) is 11.2 Å². The van der Waals surface area contributed by atoms with Gasteiger partial charge < -0.3 is 0 Å². The Labute approximate surface area is 125 Å². The molecule has 1 aromatic rings. The van der Waals surface area contributed by atoms with Crippen molar-refractivity contribution in [1.29, 1.82) is 0 Å². The van der Waals surface area contributed by atoms with Gasteiger partial charge in [-0.15, -0.1) is 5.10 Å². The number of fused-ring (bicyclic) bond motifs is 1. The topological polar surface area (TPSA) is 47.8 Å². The molecule has 4 bridgehead atoms. The van der Waals surface area contributed by atoms with Crippen LogP contribution in [-0.4, -0.2) is 20.8 Å². The number of hydrogen-bond donors (Lipinski definition) is 0. The number of aromatic nitrogens is 3. The minimum Gasteiger partial charge on any atom is -0.292 e. The monoisotopic (exact) mass is 285 g/mol. The van der Waals surface area contributed by atoms with Gasteiger partial charge in [-0.1, -0.05) is 5.21 Å². The highest BCUT2D eigenvalue weighted by Gasteiger charge is 2.53. The van der Waals surface area contributed by atoms with Gasteiger partial charge in [0.1, 0.15) is 0 Å². The fraction of sp³-hybridized carbons (Fsp3) is 0.824. The smallest absolute Gasteiger partial charge is 0.185 e. The highest BCUT2D eigenvalue weighted by atomic mass is 16.1. The Hall–Kier alpha value is -1.19. The van der Waals surface area contributed by atoms with Gasteiger partial charge in [-0.3, -0.25) is 4.79 Å². The van der Waals surface area contributed by atoms with E-state index in [0.29, 0.717) is 12.1 Å². The molecule has 112 valence electrons. The second-order valence-corrected chi connectivity index (χ2v) is 8.07. The zero-order chi connectivity index (χ0) is 14.0. The second kappa shape index (κ2) is 4.17. The van der Waals surface area contributed by atoms with E-state index in [-0.39, 0.29) is 11.3 Å². The first kappa shape index (κ1) is 12.4. The SMILES string of the molecule is O=C1CCCCc2c1nnn2C12CC3CC(CC(C3)C1)C2. The van der Waals surface area contributed by atoms with E-state index in [1.165, 1.54) is 44.2 Å². The van der Waals surface area contributed by atoms with Crippen molar-refractivity contribution >= 4 is 5.78 Å². The summed E-state index contributed by atoms with van der Waals surface area (Å²) in [6.45, 7) is 0. The Balaban J connectivity index is 1.60. The molecule has 0 aromatic carbocycles. The zero-order valence-electron chi connectivity index (χ0n) is 12.6. The average molecular weight is 285 g/mol. The lowest BCUT2D eigenvalue weighted by Crippen LogP contribution is -2.52. The molecule has 0 unspecified atom stereocenters. The lowest BCUT2D eigenvalue weighted by atomic mass is 9.53. The van der Waals surface area contributed by atoms with Gasteiger partial charge >= 0.3 is 0 Å². The van der Waals surface area contributed by atoms with Crippen molar-refractivity contribution < 1.29 is 4.79 Å². The largest absolute Gasteiger partial charge is 0.292 e. The summed E-state index contributed by atoms with van der Waals surface area (Å²) in [5.41, 5.74) is 2.07. The van der Waals surface area contributed by atoms with E-state index in [2.05, 4.69) is 15.0 Å². The Bertz CT molecular complexity index is 568. The number of carbonyl (C=O) groups is 1. The summed E-state index contributed by atoms with van der Waals surface area (Å²) in [7, 11) is 0. The van der Waals surface area contributed by atoms with E-state index < -0.39 is 0 Å². The number of carbonyl (C=O) groups excluding carboxylic acids is 1. The number of Topliss-reactive ketones (excluding diaryl/α,β-unsaturated/α-hetero) is 1. The highest BCUT2D eigenvalue weighted by Crippen LogP contribution is 2.59. The van der Waals surface area contributed by atoms with Crippen LogP contribution in [0.5, 0.6) is 0 Å². The highest BCUT2D eigenvalue weighted by molar-refractivity contribution is 5.95. The molecule has 4 saturated carbocycles. The van der Waals surface area contributed by atoms with Crippen LogP contribution in [0.3, 0.4) is 0 Å². The normalized spacial score (nSPS) is 41.1. The van der Waals surface area contributed by atoms with Gasteiger partial charge in [-0.2, -0.15) is 0 Å². The molecule has 1 heterocycles. The van der Waals surface area contributed by atoms with Crippen molar-refractivity contribution in [3.05, 3.63) is 11.4 Å². The predicted molar refractivity (Wildman–Crippen MR) is 78.1 cm³/mol. The van der Waals surface area contributed by atoms with Crippen molar-refractivity contribution in [3.8, 4) is 0 Å². The summed E-state index contributed by atoms with van der Waals surface area (Å²) in [6.07, 6.45) is 11.9. The lowest BCUT2D eigenvalue weighted by Gasteiger charge is -2.56. The van der Waals surface area contributed by atoms with E-state index in [4.69, 9.17) is 0 Å². The maximum absolute atomic E-state index is 12.2. The first-order chi connectivity index (χ1) is 10.2. The van der Waals surface area contributed by atoms with Crippen molar-refractivity contribution in [2.24, 2.45) is 17.8 Å². The molecule has 6 rings (SSSR count). The lowest BCUT2D eigenvalue weighted by molar-refractivity contribution is -0.0516. The number of ketones is 1. The molecule has 0 spiro atoms. The van der Waals surface area contributed by atoms with Gasteiger partial charge in [0.25, 0.3) is 0 Å². The second-order valence-electron chi connectivity index (χ2n) is 8.07. The Kier molecular flexibility index (Phi) is 2.46. The van der Waals surface area contributed by atoms with Gasteiger partial charge in [0.15, 0.2) is 11.5 Å². The number of rotatable bonds is 1. The molecule has 0 atom stereocenters. The maximum atomic E-state index is 12.2. The van der Waals surface area contributed by atoms with Crippen LogP contribution >= 0.6 is 0 Å². The summed E-state index contributed by atoms with van der Waals surface area (Å²) in [5, 5.41) is 8.84. The molecule has 0 saturated heterocycles. The summed E-state index contributed by atoms with van der Waals surface area (Å²) in [4.78, 5) is 12.2. The minimum atomic E-state index is 0.208. The third-order valence-corrected chi connectivity index (χ3v) is 6.55. The quantitative estimate of drug-likeness (QED) is 0.745. The van der Waals surface area contributed by atoms with Crippen LogP contribution < -0.4 is 0 Å². The van der Waals surface area contributed by atoms with Crippen LogP contribution in [0.25, 0.3) is 0 Å². The molecule has 0 N–H and O–H groups in total. The third-order valence-electron chi connectivity index (χ3n) is 6.55. The van der Waals surface area contributed by atoms with E-state index >= 15 is 0 Å². The van der Waals surface area contributed by atoms with Crippen molar-refractivity contribution in [3.63, 3.8) is 0 Å². The summed E-state index contributed by atoms with van der Waals surface area (Å²) in [5.74, 6) is 2.92. The standard InChI is InChI=1S/C17H23N3O/c21-15-4-2-1-3-14-16(15)18-19-20(14)17-8-11-5-12(9-17)7-13(6-11)10-17/h11-13H,1-10H2. The van der Waals surface area contributed by atoms with Gasteiger partial charge in [0.2, 0.25) is 0 Å². The maximum Gasteiger partial charge on any atom is 0.185 e. The van der Waals surface area contributed by atoms with Crippen molar-refractivity contribution in [2.75, 3.05) is 0 Å².